The van der Waals surface area contributed by atoms with Crippen molar-refractivity contribution < 1.29 is 19.1 Å². The Hall–Kier alpha value is -3.39. The molecular weight excluding hydrogens is 444 g/mol. The van der Waals surface area contributed by atoms with Gasteiger partial charge in [-0.3, -0.25) is 4.79 Å². The summed E-state index contributed by atoms with van der Waals surface area (Å²) >= 11 is 6.01. The first-order valence-electron chi connectivity index (χ1n) is 10.8. The van der Waals surface area contributed by atoms with E-state index < -0.39 is 5.97 Å². The quantitative estimate of drug-likeness (QED) is 0.490. The van der Waals surface area contributed by atoms with Gasteiger partial charge in [0.05, 0.1) is 20.3 Å². The zero-order valence-electron chi connectivity index (χ0n) is 18.5. The maximum Gasteiger partial charge on any atom is 0.361 e. The van der Waals surface area contributed by atoms with Crippen molar-refractivity contribution in [1.82, 2.24) is 19.9 Å². The predicted octanol–water partition coefficient (Wildman–Crippen LogP) is 3.79. The van der Waals surface area contributed by atoms with Crippen LogP contribution in [0.15, 0.2) is 48.5 Å². The summed E-state index contributed by atoms with van der Waals surface area (Å²) in [5, 5.41) is 8.78. The molecule has 1 unspecified atom stereocenters. The average Bonchev–Trinajstić information content (AvgIpc) is 3.48. The summed E-state index contributed by atoms with van der Waals surface area (Å²) in [6.45, 7) is 3.28. The lowest BCUT2D eigenvalue weighted by Gasteiger charge is -2.18. The standard InChI is InChI=1S/C24H25ClN4O4/c1-3-33-24(31)21-22(29(27-26-21)14-16-4-10-20(32-2)11-5-16)23(30)28-13-12-18(15-28)17-6-8-19(25)9-7-17/h4-11,18H,3,12-15H2,1-2H3. The normalized spacial score (nSPS) is 15.5. The molecule has 1 saturated heterocycles. The van der Waals surface area contributed by atoms with Crippen LogP contribution in [0.5, 0.6) is 5.75 Å². The molecular formula is C24H25ClN4O4. The molecule has 1 amide bonds. The highest BCUT2D eigenvalue weighted by Crippen LogP contribution is 2.29. The third-order valence-corrected chi connectivity index (χ3v) is 5.97. The number of esters is 1. The molecule has 0 aliphatic carbocycles. The van der Waals surface area contributed by atoms with Crippen molar-refractivity contribution in [3.8, 4) is 5.75 Å². The molecule has 1 fully saturated rings. The number of benzene rings is 2. The molecule has 2 aromatic carbocycles. The van der Waals surface area contributed by atoms with E-state index in [1.807, 2.05) is 48.5 Å². The number of amides is 1. The monoisotopic (exact) mass is 468 g/mol. The number of rotatable bonds is 7. The summed E-state index contributed by atoms with van der Waals surface area (Å²) in [4.78, 5) is 27.8. The summed E-state index contributed by atoms with van der Waals surface area (Å²) in [6, 6.07) is 15.1. The van der Waals surface area contributed by atoms with Crippen molar-refractivity contribution in [2.24, 2.45) is 0 Å². The molecule has 172 valence electrons. The summed E-state index contributed by atoms with van der Waals surface area (Å²) in [5.74, 6) is -0.0161. The van der Waals surface area contributed by atoms with Crippen molar-refractivity contribution in [1.29, 1.82) is 0 Å². The van der Waals surface area contributed by atoms with Gasteiger partial charge in [-0.05, 0) is 48.7 Å². The van der Waals surface area contributed by atoms with Crippen LogP contribution in [-0.4, -0.2) is 58.6 Å². The smallest absolute Gasteiger partial charge is 0.361 e. The fourth-order valence-corrected chi connectivity index (χ4v) is 4.10. The second kappa shape index (κ2) is 10.0. The van der Waals surface area contributed by atoms with Gasteiger partial charge in [0, 0.05) is 24.0 Å². The van der Waals surface area contributed by atoms with Gasteiger partial charge in [-0.1, -0.05) is 41.1 Å². The Morgan fingerprint density at radius 2 is 1.85 bits per heavy atom. The molecule has 0 saturated carbocycles. The predicted molar refractivity (Wildman–Crippen MR) is 123 cm³/mol. The molecule has 3 aromatic rings. The van der Waals surface area contributed by atoms with E-state index in [2.05, 4.69) is 10.3 Å². The van der Waals surface area contributed by atoms with Gasteiger partial charge in [0.25, 0.3) is 5.91 Å². The second-order valence-corrected chi connectivity index (χ2v) is 8.24. The molecule has 1 aromatic heterocycles. The van der Waals surface area contributed by atoms with Crippen LogP contribution in [0.4, 0.5) is 0 Å². The molecule has 33 heavy (non-hydrogen) atoms. The number of hydrogen-bond acceptors (Lipinski definition) is 6. The lowest BCUT2D eigenvalue weighted by Crippen LogP contribution is -2.32. The highest BCUT2D eigenvalue weighted by Gasteiger charge is 2.34. The number of halogens is 1. The SMILES string of the molecule is CCOC(=O)c1nnn(Cc2ccc(OC)cc2)c1C(=O)N1CCC(c2ccc(Cl)cc2)C1. The zero-order chi connectivity index (χ0) is 23.4. The highest BCUT2D eigenvalue weighted by molar-refractivity contribution is 6.30. The lowest BCUT2D eigenvalue weighted by atomic mass is 9.99. The Bertz CT molecular complexity index is 1130. The summed E-state index contributed by atoms with van der Waals surface area (Å²) in [7, 11) is 1.60. The second-order valence-electron chi connectivity index (χ2n) is 7.80. The Labute approximate surface area is 197 Å². The summed E-state index contributed by atoms with van der Waals surface area (Å²) in [5.41, 5.74) is 2.10. The largest absolute Gasteiger partial charge is 0.497 e. The van der Waals surface area contributed by atoms with E-state index in [4.69, 9.17) is 21.1 Å². The first kappa shape index (κ1) is 22.8. The maximum atomic E-state index is 13.6. The van der Waals surface area contributed by atoms with Gasteiger partial charge in [-0.15, -0.1) is 5.10 Å². The first-order valence-corrected chi connectivity index (χ1v) is 11.2. The van der Waals surface area contributed by atoms with E-state index in [1.54, 1.807) is 18.9 Å². The van der Waals surface area contributed by atoms with Crippen LogP contribution in [0.25, 0.3) is 0 Å². The van der Waals surface area contributed by atoms with Crippen LogP contribution in [0.1, 0.15) is 51.4 Å². The minimum atomic E-state index is -0.657. The Morgan fingerprint density at radius 1 is 1.12 bits per heavy atom. The van der Waals surface area contributed by atoms with Gasteiger partial charge in [0.1, 0.15) is 5.75 Å². The van der Waals surface area contributed by atoms with Gasteiger partial charge >= 0.3 is 5.97 Å². The van der Waals surface area contributed by atoms with Gasteiger partial charge in [0.2, 0.25) is 5.69 Å². The van der Waals surface area contributed by atoms with Crippen molar-refractivity contribution in [2.45, 2.75) is 25.8 Å². The number of hydrogen-bond donors (Lipinski definition) is 0. The molecule has 2 heterocycles. The highest BCUT2D eigenvalue weighted by atomic mass is 35.5. The molecule has 1 atom stereocenters. The van der Waals surface area contributed by atoms with E-state index >= 15 is 0 Å². The number of methoxy groups -OCH3 is 1. The van der Waals surface area contributed by atoms with Crippen LogP contribution in [0.3, 0.4) is 0 Å². The van der Waals surface area contributed by atoms with Crippen LogP contribution < -0.4 is 4.74 Å². The fraction of sp³-hybridized carbons (Fsp3) is 0.333. The van der Waals surface area contributed by atoms with Crippen molar-refractivity contribution in [3.05, 3.63) is 76.1 Å². The number of likely N-dealkylation sites (tertiary alicyclic amines) is 1. The van der Waals surface area contributed by atoms with Crippen molar-refractivity contribution in [3.63, 3.8) is 0 Å². The maximum absolute atomic E-state index is 13.6. The van der Waals surface area contributed by atoms with Crippen LogP contribution in [0.2, 0.25) is 5.02 Å². The average molecular weight is 469 g/mol. The fourth-order valence-electron chi connectivity index (χ4n) is 3.98. The van der Waals surface area contributed by atoms with Gasteiger partial charge in [-0.25, -0.2) is 9.48 Å². The number of carbonyl (C=O) groups is 2. The summed E-state index contributed by atoms with van der Waals surface area (Å²) < 4.78 is 11.8. The van der Waals surface area contributed by atoms with E-state index in [9.17, 15) is 9.59 Å². The molecule has 1 aliphatic heterocycles. The first-order chi connectivity index (χ1) is 16.0. The minimum absolute atomic E-state index is 0.0645. The number of carbonyl (C=O) groups excluding carboxylic acids is 2. The van der Waals surface area contributed by atoms with Crippen molar-refractivity contribution in [2.75, 3.05) is 26.8 Å². The van der Waals surface area contributed by atoms with E-state index in [1.165, 1.54) is 4.68 Å². The van der Waals surface area contributed by atoms with Gasteiger partial charge < -0.3 is 14.4 Å². The third-order valence-electron chi connectivity index (χ3n) is 5.71. The lowest BCUT2D eigenvalue weighted by molar-refractivity contribution is 0.0512. The minimum Gasteiger partial charge on any atom is -0.497 e. The van der Waals surface area contributed by atoms with Crippen LogP contribution in [-0.2, 0) is 11.3 Å². The molecule has 0 radical (unpaired) electrons. The third kappa shape index (κ3) is 5.01. The molecule has 0 bridgehead atoms. The Morgan fingerprint density at radius 3 is 2.52 bits per heavy atom. The number of nitrogens with zero attached hydrogens (tertiary/aromatic N) is 4. The Kier molecular flexibility index (Phi) is 6.93. The molecule has 0 N–H and O–H groups in total. The zero-order valence-corrected chi connectivity index (χ0v) is 19.3. The van der Waals surface area contributed by atoms with Gasteiger partial charge in [-0.2, -0.15) is 0 Å². The topological polar surface area (TPSA) is 86.5 Å². The van der Waals surface area contributed by atoms with E-state index in [0.717, 1.165) is 23.3 Å². The van der Waals surface area contributed by atoms with E-state index in [-0.39, 0.29) is 36.4 Å². The van der Waals surface area contributed by atoms with Crippen molar-refractivity contribution >= 4 is 23.5 Å². The molecule has 1 aliphatic rings. The summed E-state index contributed by atoms with van der Waals surface area (Å²) in [6.07, 6.45) is 0.822. The number of aromatic nitrogens is 3. The molecule has 9 heteroatoms. The number of ether oxygens (including phenoxy) is 2. The molecule has 4 rings (SSSR count). The molecule has 8 nitrogen and oxygen atoms in total. The van der Waals surface area contributed by atoms with E-state index in [0.29, 0.717) is 18.1 Å². The van der Waals surface area contributed by atoms with Crippen LogP contribution in [0, 0.1) is 0 Å². The van der Waals surface area contributed by atoms with Gasteiger partial charge in [0.15, 0.2) is 5.69 Å². The molecule has 0 spiro atoms. The van der Waals surface area contributed by atoms with Crippen LogP contribution >= 0.6 is 11.6 Å². The Balaban J connectivity index is 1.59.